The number of carbonyl (C=O) groups is 1. The van der Waals surface area contributed by atoms with Crippen LogP contribution in [0.15, 0.2) is 29.3 Å². The van der Waals surface area contributed by atoms with Gasteiger partial charge >= 0.3 is 0 Å². The van der Waals surface area contributed by atoms with Crippen molar-refractivity contribution < 1.29 is 4.79 Å². The summed E-state index contributed by atoms with van der Waals surface area (Å²) in [6.07, 6.45) is 6.00. The molecule has 1 aliphatic rings. The quantitative estimate of drug-likeness (QED) is 0.385. The van der Waals surface area contributed by atoms with Crippen LogP contribution >= 0.6 is 11.8 Å². The molecule has 0 spiro atoms. The lowest BCUT2D eigenvalue weighted by Gasteiger charge is -2.15. The second kappa shape index (κ2) is 8.41. The van der Waals surface area contributed by atoms with E-state index in [0.717, 1.165) is 25.9 Å². The van der Waals surface area contributed by atoms with Crippen LogP contribution in [0.3, 0.4) is 0 Å². The Bertz CT molecular complexity index is 590. The molecule has 1 saturated heterocycles. The van der Waals surface area contributed by atoms with Crippen molar-refractivity contribution in [1.29, 1.82) is 5.26 Å². The summed E-state index contributed by atoms with van der Waals surface area (Å²) in [5.74, 6) is -0.0384. The van der Waals surface area contributed by atoms with Gasteiger partial charge in [0.15, 0.2) is 11.4 Å². The summed E-state index contributed by atoms with van der Waals surface area (Å²) >= 11 is 1.34. The molecule has 2 rings (SSSR count). The van der Waals surface area contributed by atoms with Crippen LogP contribution in [0.2, 0.25) is 0 Å². The first-order valence-corrected chi connectivity index (χ1v) is 8.34. The average Bonchev–Trinajstić information content (AvgIpc) is 3.01. The Kier molecular flexibility index (Phi) is 6.25. The summed E-state index contributed by atoms with van der Waals surface area (Å²) in [5.41, 5.74) is 1.28. The molecule has 1 aromatic carbocycles. The Hall–Kier alpha value is -2.04. The number of thioether (sulfide) groups is 1. The Morgan fingerprint density at radius 1 is 1.41 bits per heavy atom. The normalized spacial score (nSPS) is 15.4. The zero-order valence-electron chi connectivity index (χ0n) is 12.5. The maximum Gasteiger partial charge on any atom is 0.238 e. The van der Waals surface area contributed by atoms with Crippen molar-refractivity contribution >= 4 is 34.2 Å². The van der Waals surface area contributed by atoms with Crippen molar-refractivity contribution in [1.82, 2.24) is 10.2 Å². The minimum Gasteiger partial charge on any atom is -0.323 e. The number of rotatable bonds is 4. The molecule has 0 saturated carbocycles. The van der Waals surface area contributed by atoms with Gasteiger partial charge in [-0.15, -0.1) is 0 Å². The number of likely N-dealkylation sites (tertiary alicyclic amines) is 1. The van der Waals surface area contributed by atoms with Crippen LogP contribution < -0.4 is 10.6 Å². The largest absolute Gasteiger partial charge is 0.323 e. The van der Waals surface area contributed by atoms with E-state index in [4.69, 9.17) is 5.26 Å². The Morgan fingerprint density at radius 3 is 2.82 bits per heavy atom. The molecule has 116 valence electrons. The maximum absolute atomic E-state index is 12.1. The van der Waals surface area contributed by atoms with Crippen molar-refractivity contribution in [2.45, 2.75) is 12.8 Å². The van der Waals surface area contributed by atoms with E-state index >= 15 is 0 Å². The van der Waals surface area contributed by atoms with Crippen molar-refractivity contribution in [3.8, 4) is 6.19 Å². The van der Waals surface area contributed by atoms with E-state index in [1.165, 1.54) is 11.8 Å². The van der Waals surface area contributed by atoms with Crippen molar-refractivity contribution in [2.75, 3.05) is 31.2 Å². The number of anilines is 1. The SMILES string of the molecule is CSC(=Nc1ccccc1NC(=O)CN1CCCC1)NC#N. The fourth-order valence-electron chi connectivity index (χ4n) is 2.29. The van der Waals surface area contributed by atoms with Crippen molar-refractivity contribution in [3.63, 3.8) is 0 Å². The molecule has 1 heterocycles. The number of aliphatic imine (C=N–C) groups is 1. The Labute approximate surface area is 134 Å². The fourth-order valence-corrected chi connectivity index (χ4v) is 2.63. The van der Waals surface area contributed by atoms with Gasteiger partial charge < -0.3 is 5.32 Å². The van der Waals surface area contributed by atoms with Crippen LogP contribution in [0.25, 0.3) is 0 Å². The number of carbonyl (C=O) groups excluding carboxylic acids is 1. The van der Waals surface area contributed by atoms with Gasteiger partial charge in [0.25, 0.3) is 0 Å². The van der Waals surface area contributed by atoms with Gasteiger partial charge in [0.2, 0.25) is 5.91 Å². The minimum absolute atomic E-state index is 0.0384. The summed E-state index contributed by atoms with van der Waals surface area (Å²) in [6, 6.07) is 7.31. The number of nitrogens with one attached hydrogen (secondary N) is 2. The molecule has 0 bridgehead atoms. The molecule has 0 aliphatic carbocycles. The monoisotopic (exact) mass is 317 g/mol. The highest BCUT2D eigenvalue weighted by Gasteiger charge is 2.15. The Morgan fingerprint density at radius 2 is 2.14 bits per heavy atom. The smallest absolute Gasteiger partial charge is 0.238 e. The molecular weight excluding hydrogens is 298 g/mol. The van der Waals surface area contributed by atoms with E-state index in [9.17, 15) is 4.79 Å². The number of hydrogen-bond acceptors (Lipinski definition) is 5. The van der Waals surface area contributed by atoms with Gasteiger partial charge in [0, 0.05) is 0 Å². The van der Waals surface area contributed by atoms with Gasteiger partial charge in [-0.25, -0.2) is 4.99 Å². The molecule has 6 nitrogen and oxygen atoms in total. The highest BCUT2D eigenvalue weighted by atomic mass is 32.2. The molecule has 1 amide bonds. The third kappa shape index (κ3) is 4.76. The molecule has 0 atom stereocenters. The molecule has 1 fully saturated rings. The molecule has 2 N–H and O–H groups in total. The predicted molar refractivity (Wildman–Crippen MR) is 90.1 cm³/mol. The first kappa shape index (κ1) is 16.3. The van der Waals surface area contributed by atoms with Crippen LogP contribution in [-0.4, -0.2) is 41.9 Å². The Balaban J connectivity index is 2.07. The van der Waals surface area contributed by atoms with Gasteiger partial charge in [0.05, 0.1) is 17.9 Å². The number of hydrogen-bond donors (Lipinski definition) is 2. The van der Waals surface area contributed by atoms with Crippen LogP contribution in [0.1, 0.15) is 12.8 Å². The average molecular weight is 317 g/mol. The number of nitriles is 1. The van der Waals surface area contributed by atoms with Gasteiger partial charge in [-0.1, -0.05) is 23.9 Å². The number of amides is 1. The molecule has 0 aromatic heterocycles. The molecule has 0 radical (unpaired) electrons. The zero-order chi connectivity index (χ0) is 15.8. The lowest BCUT2D eigenvalue weighted by molar-refractivity contribution is -0.117. The van der Waals surface area contributed by atoms with Gasteiger partial charge in [0.1, 0.15) is 0 Å². The van der Waals surface area contributed by atoms with Crippen LogP contribution in [0.5, 0.6) is 0 Å². The van der Waals surface area contributed by atoms with Gasteiger partial charge in [-0.05, 0) is 44.3 Å². The second-order valence-electron chi connectivity index (χ2n) is 4.91. The summed E-state index contributed by atoms with van der Waals surface area (Å²) in [4.78, 5) is 18.6. The molecule has 1 aromatic rings. The van der Waals surface area contributed by atoms with E-state index in [-0.39, 0.29) is 5.91 Å². The van der Waals surface area contributed by atoms with E-state index in [1.807, 2.05) is 30.6 Å². The zero-order valence-corrected chi connectivity index (χ0v) is 13.3. The number of para-hydroxylation sites is 2. The fraction of sp³-hybridized carbons (Fsp3) is 0.400. The lowest BCUT2D eigenvalue weighted by Crippen LogP contribution is -2.30. The molecule has 0 unspecified atom stereocenters. The standard InChI is InChI=1S/C15H19N5OS/c1-22-15(17-11-16)19-13-7-3-2-6-12(13)18-14(21)10-20-8-4-5-9-20/h2-3,6-7H,4-5,8-10H2,1H3,(H,17,19)(H,18,21). The van der Waals surface area contributed by atoms with E-state index in [1.54, 1.807) is 6.07 Å². The number of benzene rings is 1. The topological polar surface area (TPSA) is 80.5 Å². The summed E-state index contributed by atoms with van der Waals surface area (Å²) in [5, 5.41) is 14.6. The molecular formula is C15H19N5OS. The highest BCUT2D eigenvalue weighted by Crippen LogP contribution is 2.25. The maximum atomic E-state index is 12.1. The van der Waals surface area contributed by atoms with Crippen molar-refractivity contribution in [2.24, 2.45) is 4.99 Å². The second-order valence-corrected chi connectivity index (χ2v) is 5.70. The van der Waals surface area contributed by atoms with Gasteiger partial charge in [-0.2, -0.15) is 5.26 Å². The molecule has 1 aliphatic heterocycles. The van der Waals surface area contributed by atoms with Crippen LogP contribution in [0, 0.1) is 11.5 Å². The van der Waals surface area contributed by atoms with Gasteiger partial charge in [-0.3, -0.25) is 15.0 Å². The third-order valence-corrected chi connectivity index (χ3v) is 3.90. The first-order chi connectivity index (χ1) is 10.7. The molecule has 7 heteroatoms. The first-order valence-electron chi connectivity index (χ1n) is 7.12. The number of amidine groups is 1. The minimum atomic E-state index is -0.0384. The predicted octanol–water partition coefficient (Wildman–Crippen LogP) is 2.14. The highest BCUT2D eigenvalue weighted by molar-refractivity contribution is 8.13. The summed E-state index contributed by atoms with van der Waals surface area (Å²) in [6.45, 7) is 2.37. The molecule has 22 heavy (non-hydrogen) atoms. The third-order valence-electron chi connectivity index (χ3n) is 3.32. The summed E-state index contributed by atoms with van der Waals surface area (Å²) in [7, 11) is 0. The van der Waals surface area contributed by atoms with E-state index in [2.05, 4.69) is 20.5 Å². The number of nitrogens with zero attached hydrogens (tertiary/aromatic N) is 3. The van der Waals surface area contributed by atoms with E-state index in [0.29, 0.717) is 23.1 Å². The van der Waals surface area contributed by atoms with Crippen molar-refractivity contribution in [3.05, 3.63) is 24.3 Å². The van der Waals surface area contributed by atoms with Crippen LogP contribution in [0.4, 0.5) is 11.4 Å². The van der Waals surface area contributed by atoms with E-state index < -0.39 is 0 Å². The lowest BCUT2D eigenvalue weighted by atomic mass is 10.2. The van der Waals surface area contributed by atoms with Crippen LogP contribution in [-0.2, 0) is 4.79 Å². The summed E-state index contributed by atoms with van der Waals surface area (Å²) < 4.78 is 0.